The highest BCUT2D eigenvalue weighted by atomic mass is 16.3. The first-order chi connectivity index (χ1) is 16.7. The van der Waals surface area contributed by atoms with E-state index in [-0.39, 0.29) is 36.1 Å². The van der Waals surface area contributed by atoms with Crippen molar-refractivity contribution in [1.82, 2.24) is 20.9 Å². The SMILES string of the molecule is CNC(=O)C[C@H](CC(C)C)NC(=O)[C@@H](CCC1CCCCC1)NC(=O)c1ccc2[nH]c(O)cc2c1. The molecule has 1 aromatic heterocycles. The zero-order chi connectivity index (χ0) is 25.4. The molecule has 0 spiro atoms. The monoisotopic (exact) mass is 484 g/mol. The molecule has 1 aliphatic carbocycles. The number of carbonyl (C=O) groups excluding carboxylic acids is 3. The number of benzene rings is 1. The van der Waals surface area contributed by atoms with Gasteiger partial charge in [-0.15, -0.1) is 0 Å². The third kappa shape index (κ3) is 8.01. The summed E-state index contributed by atoms with van der Waals surface area (Å²) in [5, 5.41) is 19.0. The molecule has 1 heterocycles. The van der Waals surface area contributed by atoms with E-state index >= 15 is 0 Å². The molecule has 5 N–H and O–H groups in total. The Hall–Kier alpha value is -3.03. The minimum Gasteiger partial charge on any atom is -0.495 e. The maximum atomic E-state index is 13.4. The third-order valence-electron chi connectivity index (χ3n) is 6.89. The number of rotatable bonds is 11. The lowest BCUT2D eigenvalue weighted by Crippen LogP contribution is -2.50. The van der Waals surface area contributed by atoms with Gasteiger partial charge in [-0.3, -0.25) is 14.4 Å². The van der Waals surface area contributed by atoms with Gasteiger partial charge in [0, 0.05) is 42.0 Å². The van der Waals surface area contributed by atoms with Crippen LogP contribution < -0.4 is 16.0 Å². The first-order valence-corrected chi connectivity index (χ1v) is 12.9. The maximum Gasteiger partial charge on any atom is 0.251 e. The van der Waals surface area contributed by atoms with Gasteiger partial charge in [0.2, 0.25) is 11.8 Å². The van der Waals surface area contributed by atoms with E-state index in [1.54, 1.807) is 31.3 Å². The third-order valence-corrected chi connectivity index (χ3v) is 6.89. The summed E-state index contributed by atoms with van der Waals surface area (Å²) in [6.45, 7) is 4.11. The smallest absolute Gasteiger partial charge is 0.251 e. The number of aromatic hydroxyl groups is 1. The minimum atomic E-state index is -0.681. The van der Waals surface area contributed by atoms with Crippen LogP contribution in [0.2, 0.25) is 0 Å². The van der Waals surface area contributed by atoms with Gasteiger partial charge in [0.05, 0.1) is 0 Å². The highest BCUT2D eigenvalue weighted by Gasteiger charge is 2.27. The second kappa shape index (κ2) is 12.6. The number of hydrogen-bond donors (Lipinski definition) is 5. The van der Waals surface area contributed by atoms with E-state index in [0.717, 1.165) is 17.3 Å². The molecular weight excluding hydrogens is 444 g/mol. The Labute approximate surface area is 207 Å². The number of aromatic nitrogens is 1. The summed E-state index contributed by atoms with van der Waals surface area (Å²) in [7, 11) is 1.59. The molecule has 0 aliphatic heterocycles. The van der Waals surface area contributed by atoms with Gasteiger partial charge in [-0.2, -0.15) is 0 Å². The topological polar surface area (TPSA) is 123 Å². The average molecular weight is 485 g/mol. The van der Waals surface area contributed by atoms with Crippen molar-refractivity contribution in [2.75, 3.05) is 7.05 Å². The normalized spacial score (nSPS) is 16.1. The number of hydrogen-bond acceptors (Lipinski definition) is 4. The number of amides is 3. The number of H-pyrrole nitrogens is 1. The van der Waals surface area contributed by atoms with Crippen molar-refractivity contribution in [3.63, 3.8) is 0 Å². The van der Waals surface area contributed by atoms with Gasteiger partial charge >= 0.3 is 0 Å². The van der Waals surface area contributed by atoms with Gasteiger partial charge in [0.1, 0.15) is 6.04 Å². The fraction of sp³-hybridized carbons (Fsp3) is 0.593. The molecule has 0 radical (unpaired) electrons. The predicted octanol–water partition coefficient (Wildman–Crippen LogP) is 4.00. The summed E-state index contributed by atoms with van der Waals surface area (Å²) in [4.78, 5) is 41.3. The van der Waals surface area contributed by atoms with Gasteiger partial charge < -0.3 is 26.0 Å². The molecule has 1 aliphatic rings. The Balaban J connectivity index is 1.73. The quantitative estimate of drug-likeness (QED) is 0.331. The zero-order valence-corrected chi connectivity index (χ0v) is 21.2. The molecule has 3 amide bonds. The van der Waals surface area contributed by atoms with Gasteiger partial charge in [-0.1, -0.05) is 46.0 Å². The van der Waals surface area contributed by atoms with Gasteiger partial charge in [0.25, 0.3) is 5.91 Å². The van der Waals surface area contributed by atoms with Gasteiger partial charge in [0.15, 0.2) is 5.88 Å². The van der Waals surface area contributed by atoms with Crippen molar-refractivity contribution in [2.24, 2.45) is 11.8 Å². The van der Waals surface area contributed by atoms with Crippen molar-refractivity contribution in [2.45, 2.75) is 83.7 Å². The summed E-state index contributed by atoms with van der Waals surface area (Å²) in [6, 6.07) is 5.70. The van der Waals surface area contributed by atoms with E-state index < -0.39 is 6.04 Å². The molecule has 3 rings (SSSR count). The lowest BCUT2D eigenvalue weighted by atomic mass is 9.85. The minimum absolute atomic E-state index is 0.0367. The maximum absolute atomic E-state index is 13.4. The fourth-order valence-electron chi connectivity index (χ4n) is 5.04. The van der Waals surface area contributed by atoms with Crippen molar-refractivity contribution >= 4 is 28.6 Å². The van der Waals surface area contributed by atoms with E-state index in [4.69, 9.17) is 0 Å². The summed E-state index contributed by atoms with van der Waals surface area (Å²) in [5.41, 5.74) is 1.16. The molecule has 0 saturated heterocycles. The Morgan fingerprint density at radius 1 is 1.09 bits per heavy atom. The van der Waals surface area contributed by atoms with E-state index in [2.05, 4.69) is 34.8 Å². The van der Waals surface area contributed by atoms with Crippen LogP contribution in [0.25, 0.3) is 10.9 Å². The molecule has 35 heavy (non-hydrogen) atoms. The van der Waals surface area contributed by atoms with Crippen LogP contribution >= 0.6 is 0 Å². The Morgan fingerprint density at radius 2 is 1.83 bits per heavy atom. The first-order valence-electron chi connectivity index (χ1n) is 12.9. The lowest BCUT2D eigenvalue weighted by Gasteiger charge is -2.27. The first kappa shape index (κ1) is 26.6. The largest absolute Gasteiger partial charge is 0.495 e. The van der Waals surface area contributed by atoms with Crippen LogP contribution in [0.15, 0.2) is 24.3 Å². The molecule has 0 unspecified atom stereocenters. The molecule has 8 heteroatoms. The molecule has 1 saturated carbocycles. The van der Waals surface area contributed by atoms with Crippen LogP contribution in [-0.4, -0.2) is 46.9 Å². The van der Waals surface area contributed by atoms with Crippen LogP contribution in [-0.2, 0) is 9.59 Å². The van der Waals surface area contributed by atoms with Crippen LogP contribution in [0.3, 0.4) is 0 Å². The molecule has 1 fully saturated rings. The standard InChI is InChI=1S/C27H40N4O4/c1-17(2)13-21(16-24(32)28-3)29-27(35)23(11-9-18-7-5-4-6-8-18)31-26(34)19-10-12-22-20(14-19)15-25(33)30-22/h10,12,14-15,17-18,21,23,30,33H,4-9,11,13,16H2,1-3H3,(H,28,32)(H,29,35)(H,31,34)/t21-,23+/m0/s1. The molecule has 1 aromatic carbocycles. The fourth-order valence-corrected chi connectivity index (χ4v) is 5.04. The molecule has 8 nitrogen and oxygen atoms in total. The summed E-state index contributed by atoms with van der Waals surface area (Å²) < 4.78 is 0. The van der Waals surface area contributed by atoms with Gasteiger partial charge in [-0.25, -0.2) is 0 Å². The summed E-state index contributed by atoms with van der Waals surface area (Å²) in [6.07, 6.45) is 8.38. The Kier molecular flexibility index (Phi) is 9.57. The molecular formula is C27H40N4O4. The van der Waals surface area contributed by atoms with Crippen LogP contribution in [0, 0.1) is 11.8 Å². The van der Waals surface area contributed by atoms with Gasteiger partial charge in [-0.05, 0) is 49.3 Å². The van der Waals surface area contributed by atoms with Crippen molar-refractivity contribution in [3.8, 4) is 5.88 Å². The van der Waals surface area contributed by atoms with E-state index in [0.29, 0.717) is 30.2 Å². The molecule has 192 valence electrons. The molecule has 2 aromatic rings. The Bertz CT molecular complexity index is 1010. The zero-order valence-electron chi connectivity index (χ0n) is 21.2. The number of aromatic amines is 1. The van der Waals surface area contributed by atoms with E-state index in [1.165, 1.54) is 32.1 Å². The van der Waals surface area contributed by atoms with Crippen molar-refractivity contribution in [1.29, 1.82) is 0 Å². The second-order valence-corrected chi connectivity index (χ2v) is 10.3. The average Bonchev–Trinajstić information content (AvgIpc) is 3.20. The van der Waals surface area contributed by atoms with E-state index in [9.17, 15) is 19.5 Å². The Morgan fingerprint density at radius 3 is 2.51 bits per heavy atom. The lowest BCUT2D eigenvalue weighted by molar-refractivity contribution is -0.125. The summed E-state index contributed by atoms with van der Waals surface area (Å²) >= 11 is 0. The second-order valence-electron chi connectivity index (χ2n) is 10.3. The summed E-state index contributed by atoms with van der Waals surface area (Å²) in [5.74, 6) is 0.223. The highest BCUT2D eigenvalue weighted by Crippen LogP contribution is 2.28. The molecule has 0 bridgehead atoms. The predicted molar refractivity (Wildman–Crippen MR) is 137 cm³/mol. The number of fused-ring (bicyclic) bond motifs is 1. The highest BCUT2D eigenvalue weighted by molar-refractivity contribution is 6.00. The van der Waals surface area contributed by atoms with Crippen LogP contribution in [0.1, 0.15) is 82.0 Å². The number of carbonyl (C=O) groups is 3. The van der Waals surface area contributed by atoms with Crippen molar-refractivity contribution in [3.05, 3.63) is 29.8 Å². The molecule has 2 atom stereocenters. The van der Waals surface area contributed by atoms with Crippen LogP contribution in [0.4, 0.5) is 0 Å². The van der Waals surface area contributed by atoms with Crippen LogP contribution in [0.5, 0.6) is 5.88 Å². The van der Waals surface area contributed by atoms with E-state index in [1.807, 2.05) is 0 Å². The van der Waals surface area contributed by atoms with Crippen molar-refractivity contribution < 1.29 is 19.5 Å². The number of nitrogens with one attached hydrogen (secondary N) is 4.